The van der Waals surface area contributed by atoms with E-state index in [1.165, 1.54) is 0 Å². The predicted octanol–water partition coefficient (Wildman–Crippen LogP) is 2.85. The molecule has 0 radical (unpaired) electrons. The molecule has 0 aliphatic heterocycles. The van der Waals surface area contributed by atoms with E-state index in [1.807, 2.05) is 18.3 Å². The minimum Gasteiger partial charge on any atom is -0.461 e. The molecule has 0 saturated carbocycles. The van der Waals surface area contributed by atoms with Gasteiger partial charge in [-0.2, -0.15) is 0 Å². The number of aromatic nitrogens is 2. The Bertz CT molecular complexity index is 510. The zero-order valence-electron chi connectivity index (χ0n) is 8.51. The van der Waals surface area contributed by atoms with E-state index in [0.717, 1.165) is 10.1 Å². The van der Waals surface area contributed by atoms with Crippen molar-refractivity contribution < 1.29 is 9.53 Å². The van der Waals surface area contributed by atoms with Gasteiger partial charge in [-0.15, -0.1) is 17.0 Å². The first-order valence-electron chi connectivity index (χ1n) is 4.52. The number of halogens is 2. The van der Waals surface area contributed by atoms with Crippen LogP contribution in [0.4, 0.5) is 0 Å². The van der Waals surface area contributed by atoms with Crippen molar-refractivity contribution in [1.82, 2.24) is 9.38 Å². The van der Waals surface area contributed by atoms with Crippen LogP contribution < -0.4 is 0 Å². The third-order valence-electron chi connectivity index (χ3n) is 1.90. The summed E-state index contributed by atoms with van der Waals surface area (Å²) in [6, 6.07) is 3.70. The predicted molar refractivity (Wildman–Crippen MR) is 69.2 cm³/mol. The number of ether oxygens (including phenoxy) is 1. The third kappa shape index (κ3) is 2.62. The smallest absolute Gasteiger partial charge is 0.358 e. The summed E-state index contributed by atoms with van der Waals surface area (Å²) in [5, 5.41) is 0. The first-order valence-corrected chi connectivity index (χ1v) is 5.31. The number of hydrogen-bond acceptors (Lipinski definition) is 3. The maximum atomic E-state index is 11.4. The van der Waals surface area contributed by atoms with Crippen LogP contribution in [0.3, 0.4) is 0 Å². The van der Waals surface area contributed by atoms with Crippen LogP contribution in [0.25, 0.3) is 5.65 Å². The molecule has 0 amide bonds. The van der Waals surface area contributed by atoms with Gasteiger partial charge in [-0.05, 0) is 35.0 Å². The highest BCUT2D eigenvalue weighted by Gasteiger charge is 2.11. The number of esters is 1. The van der Waals surface area contributed by atoms with E-state index in [-0.39, 0.29) is 17.0 Å². The van der Waals surface area contributed by atoms with Crippen molar-refractivity contribution in [2.45, 2.75) is 6.92 Å². The van der Waals surface area contributed by atoms with Crippen molar-refractivity contribution in [3.05, 3.63) is 34.7 Å². The van der Waals surface area contributed by atoms with Gasteiger partial charge in [0.25, 0.3) is 0 Å². The fourth-order valence-corrected chi connectivity index (χ4v) is 1.62. The molecule has 4 nitrogen and oxygen atoms in total. The Labute approximate surface area is 112 Å². The minimum atomic E-state index is -0.391. The molecule has 0 fully saturated rings. The monoisotopic (exact) mass is 348 g/mol. The number of pyridine rings is 1. The standard InChI is InChI=1S/C10H9BrN2O2.BrH/c1-2-15-10(14)8-6-13-5-7(11)3-4-9(13)12-8;/h3-6H,2H2,1H3;1H. The van der Waals surface area contributed by atoms with E-state index >= 15 is 0 Å². The maximum Gasteiger partial charge on any atom is 0.358 e. The number of carbonyl (C=O) groups is 1. The number of imidazole rings is 1. The number of fused-ring (bicyclic) bond motifs is 1. The summed E-state index contributed by atoms with van der Waals surface area (Å²) in [5.41, 5.74) is 1.05. The maximum absolute atomic E-state index is 11.4. The topological polar surface area (TPSA) is 43.6 Å². The van der Waals surface area contributed by atoms with Crippen LogP contribution in [0, 0.1) is 0 Å². The average molecular weight is 350 g/mol. The van der Waals surface area contributed by atoms with Crippen molar-refractivity contribution in [2.24, 2.45) is 0 Å². The molecule has 0 aliphatic carbocycles. The summed E-state index contributed by atoms with van der Waals surface area (Å²) in [6.45, 7) is 2.13. The van der Waals surface area contributed by atoms with Crippen LogP contribution in [-0.4, -0.2) is 22.0 Å². The summed E-state index contributed by atoms with van der Waals surface area (Å²) >= 11 is 3.34. The molecule has 6 heteroatoms. The van der Waals surface area contributed by atoms with E-state index in [9.17, 15) is 4.79 Å². The van der Waals surface area contributed by atoms with Gasteiger partial charge in [0.05, 0.1) is 6.61 Å². The SMILES string of the molecule is Br.CCOC(=O)c1cn2cc(Br)ccc2n1. The quantitative estimate of drug-likeness (QED) is 0.783. The summed E-state index contributed by atoms with van der Waals surface area (Å²) in [4.78, 5) is 15.5. The molecule has 0 aromatic carbocycles. The Balaban J connectivity index is 0.00000128. The van der Waals surface area contributed by atoms with E-state index < -0.39 is 5.97 Å². The molecule has 2 aromatic heterocycles. The molecular formula is C10H10Br2N2O2. The van der Waals surface area contributed by atoms with E-state index in [2.05, 4.69) is 20.9 Å². The first-order chi connectivity index (χ1) is 7.20. The molecule has 0 N–H and O–H groups in total. The summed E-state index contributed by atoms with van der Waals surface area (Å²) in [7, 11) is 0. The third-order valence-corrected chi connectivity index (χ3v) is 2.37. The van der Waals surface area contributed by atoms with Gasteiger partial charge in [-0.25, -0.2) is 9.78 Å². The molecule has 0 unspecified atom stereocenters. The fourth-order valence-electron chi connectivity index (χ4n) is 1.27. The zero-order chi connectivity index (χ0) is 10.8. The van der Waals surface area contributed by atoms with Crippen LogP contribution in [0.2, 0.25) is 0 Å². The Morgan fingerprint density at radius 1 is 1.50 bits per heavy atom. The van der Waals surface area contributed by atoms with Crippen LogP contribution in [-0.2, 0) is 4.74 Å². The lowest BCUT2D eigenvalue weighted by Gasteiger charge is -1.95. The highest BCUT2D eigenvalue weighted by molar-refractivity contribution is 9.10. The molecule has 2 heterocycles. The Morgan fingerprint density at radius 3 is 2.94 bits per heavy atom. The Hall–Kier alpha value is -0.880. The minimum absolute atomic E-state index is 0. The van der Waals surface area contributed by atoms with Crippen molar-refractivity contribution in [3.8, 4) is 0 Å². The molecule has 2 aromatic rings. The van der Waals surface area contributed by atoms with E-state index in [4.69, 9.17) is 4.74 Å². The van der Waals surface area contributed by atoms with Crippen molar-refractivity contribution in [3.63, 3.8) is 0 Å². The molecule has 0 saturated heterocycles. The largest absolute Gasteiger partial charge is 0.461 e. The molecular weight excluding hydrogens is 340 g/mol. The van der Waals surface area contributed by atoms with Crippen LogP contribution in [0.15, 0.2) is 29.0 Å². The lowest BCUT2D eigenvalue weighted by Crippen LogP contribution is -2.04. The Kier molecular flexibility index (Phi) is 4.49. The average Bonchev–Trinajstić information content (AvgIpc) is 2.60. The van der Waals surface area contributed by atoms with Gasteiger partial charge in [-0.3, -0.25) is 0 Å². The molecule has 0 bridgehead atoms. The van der Waals surface area contributed by atoms with Gasteiger partial charge in [0, 0.05) is 16.9 Å². The molecule has 0 aliphatic rings. The van der Waals surface area contributed by atoms with Crippen molar-refractivity contribution in [1.29, 1.82) is 0 Å². The second-order valence-electron chi connectivity index (χ2n) is 2.96. The number of carbonyl (C=O) groups excluding carboxylic acids is 1. The van der Waals surface area contributed by atoms with Crippen LogP contribution in [0.1, 0.15) is 17.4 Å². The Morgan fingerprint density at radius 2 is 2.25 bits per heavy atom. The lowest BCUT2D eigenvalue weighted by atomic mass is 10.5. The van der Waals surface area contributed by atoms with Gasteiger partial charge in [-0.1, -0.05) is 0 Å². The molecule has 2 rings (SSSR count). The summed E-state index contributed by atoms with van der Waals surface area (Å²) < 4.78 is 7.57. The molecule has 0 atom stereocenters. The normalized spacial score (nSPS) is 9.88. The van der Waals surface area contributed by atoms with E-state index in [0.29, 0.717) is 12.3 Å². The van der Waals surface area contributed by atoms with Gasteiger partial charge >= 0.3 is 5.97 Å². The van der Waals surface area contributed by atoms with Gasteiger partial charge in [0.15, 0.2) is 5.69 Å². The summed E-state index contributed by atoms with van der Waals surface area (Å²) in [5.74, 6) is -0.391. The molecule has 86 valence electrons. The first kappa shape index (κ1) is 13.2. The van der Waals surface area contributed by atoms with Crippen LogP contribution in [0.5, 0.6) is 0 Å². The second kappa shape index (κ2) is 5.45. The number of hydrogen-bond donors (Lipinski definition) is 0. The molecule has 0 spiro atoms. The van der Waals surface area contributed by atoms with Gasteiger partial charge in [0.1, 0.15) is 5.65 Å². The van der Waals surface area contributed by atoms with Gasteiger partial charge in [0.2, 0.25) is 0 Å². The van der Waals surface area contributed by atoms with Gasteiger partial charge < -0.3 is 9.14 Å². The highest BCUT2D eigenvalue weighted by Crippen LogP contribution is 2.12. The van der Waals surface area contributed by atoms with Crippen molar-refractivity contribution >= 4 is 44.5 Å². The fraction of sp³-hybridized carbons (Fsp3) is 0.200. The summed E-state index contributed by atoms with van der Waals surface area (Å²) in [6.07, 6.45) is 3.49. The number of nitrogens with zero attached hydrogens (tertiary/aromatic N) is 2. The number of rotatable bonds is 2. The molecule has 16 heavy (non-hydrogen) atoms. The lowest BCUT2D eigenvalue weighted by molar-refractivity contribution is 0.0520. The highest BCUT2D eigenvalue weighted by atomic mass is 79.9. The van der Waals surface area contributed by atoms with Crippen molar-refractivity contribution in [2.75, 3.05) is 6.61 Å². The van der Waals surface area contributed by atoms with Crippen LogP contribution >= 0.6 is 32.9 Å². The zero-order valence-corrected chi connectivity index (χ0v) is 11.8. The van der Waals surface area contributed by atoms with E-state index in [1.54, 1.807) is 17.5 Å². The second-order valence-corrected chi connectivity index (χ2v) is 3.88.